The third kappa shape index (κ3) is 1.45. The number of nitrogens with zero attached hydrogens (tertiary/aromatic N) is 2. The zero-order chi connectivity index (χ0) is 6.69. The molecule has 5 nitrogen and oxygen atoms in total. The number of hydrogen-bond donors (Lipinski definition) is 2. The number of rotatable bonds is 1. The Kier molecular flexibility index (Phi) is 1.35. The van der Waals surface area contributed by atoms with Crippen LogP contribution in [0.2, 0.25) is 0 Å². The first-order valence-electron chi connectivity index (χ1n) is 2.29. The number of nitrogens with two attached hydrogens (primary N) is 2. The molecule has 4 N–H and O–H groups in total. The van der Waals surface area contributed by atoms with Crippen molar-refractivity contribution in [3.8, 4) is 0 Å². The first-order chi connectivity index (χ1) is 4.29. The Bertz CT molecular complexity index is 198. The van der Waals surface area contributed by atoms with Crippen molar-refractivity contribution in [3.05, 3.63) is 12.3 Å². The molecule has 0 saturated carbocycles. The van der Waals surface area contributed by atoms with E-state index < -0.39 is 0 Å². The molecule has 1 aromatic rings. The van der Waals surface area contributed by atoms with E-state index in [9.17, 15) is 0 Å². The van der Waals surface area contributed by atoms with E-state index in [0.29, 0.717) is 5.82 Å². The Morgan fingerprint density at radius 1 is 1.67 bits per heavy atom. The van der Waals surface area contributed by atoms with Crippen LogP contribution in [-0.4, -0.2) is 11.1 Å². The van der Waals surface area contributed by atoms with Crippen LogP contribution in [0.1, 0.15) is 0 Å². The number of aliphatic imine (C=N–C) groups is 1. The van der Waals surface area contributed by atoms with Gasteiger partial charge in [0.2, 0.25) is 0 Å². The van der Waals surface area contributed by atoms with Gasteiger partial charge in [-0.25, -0.2) is 0 Å². The zero-order valence-electron chi connectivity index (χ0n) is 4.61. The first-order valence-corrected chi connectivity index (χ1v) is 2.29. The minimum atomic E-state index is -0.0242. The van der Waals surface area contributed by atoms with Crippen LogP contribution < -0.4 is 11.5 Å². The highest BCUT2D eigenvalue weighted by atomic mass is 16.5. The molecule has 9 heavy (non-hydrogen) atoms. The standard InChI is InChI=1S/C4H6N4O/c5-4(6)7-3-1-2-9-8-3/h1-2H,(H4,5,6,7,8). The second kappa shape index (κ2) is 2.17. The summed E-state index contributed by atoms with van der Waals surface area (Å²) in [7, 11) is 0. The van der Waals surface area contributed by atoms with Crippen molar-refractivity contribution in [2.45, 2.75) is 0 Å². The predicted octanol–water partition coefficient (Wildman–Crippen LogP) is -0.421. The summed E-state index contributed by atoms with van der Waals surface area (Å²) >= 11 is 0. The normalized spacial score (nSPS) is 8.89. The van der Waals surface area contributed by atoms with Gasteiger partial charge in [0.25, 0.3) is 0 Å². The molecule has 0 atom stereocenters. The largest absolute Gasteiger partial charge is 0.370 e. The van der Waals surface area contributed by atoms with Crippen LogP contribution in [0.3, 0.4) is 0 Å². The van der Waals surface area contributed by atoms with E-state index in [1.54, 1.807) is 6.07 Å². The maximum Gasteiger partial charge on any atom is 0.198 e. The van der Waals surface area contributed by atoms with E-state index in [1.165, 1.54) is 6.26 Å². The third-order valence-electron chi connectivity index (χ3n) is 0.668. The van der Waals surface area contributed by atoms with Crippen LogP contribution in [0.4, 0.5) is 5.82 Å². The van der Waals surface area contributed by atoms with Gasteiger partial charge >= 0.3 is 0 Å². The summed E-state index contributed by atoms with van der Waals surface area (Å²) in [6, 6.07) is 1.56. The first kappa shape index (κ1) is 5.61. The van der Waals surface area contributed by atoms with Crippen LogP contribution in [0.5, 0.6) is 0 Å². The molecule has 0 aliphatic carbocycles. The van der Waals surface area contributed by atoms with Crippen molar-refractivity contribution in [2.24, 2.45) is 16.5 Å². The van der Waals surface area contributed by atoms with E-state index in [0.717, 1.165) is 0 Å². The molecule has 0 aliphatic rings. The maximum atomic E-state index is 5.03. The van der Waals surface area contributed by atoms with Crippen LogP contribution in [0.25, 0.3) is 0 Å². The van der Waals surface area contributed by atoms with Crippen LogP contribution >= 0.6 is 0 Å². The zero-order valence-corrected chi connectivity index (χ0v) is 4.61. The summed E-state index contributed by atoms with van der Waals surface area (Å²) in [5.41, 5.74) is 10.1. The van der Waals surface area contributed by atoms with E-state index in [1.807, 2.05) is 0 Å². The topological polar surface area (TPSA) is 90.4 Å². The Morgan fingerprint density at radius 3 is 2.89 bits per heavy atom. The van der Waals surface area contributed by atoms with Gasteiger partial charge in [0, 0.05) is 6.07 Å². The molecule has 0 aromatic carbocycles. The fourth-order valence-corrected chi connectivity index (χ4v) is 0.396. The molecule has 0 bridgehead atoms. The number of aromatic nitrogens is 1. The summed E-state index contributed by atoms with van der Waals surface area (Å²) in [6.07, 6.45) is 1.39. The van der Waals surface area contributed by atoms with Crippen molar-refractivity contribution in [2.75, 3.05) is 0 Å². The average molecular weight is 126 g/mol. The smallest absolute Gasteiger partial charge is 0.198 e. The monoisotopic (exact) mass is 126 g/mol. The van der Waals surface area contributed by atoms with Gasteiger partial charge < -0.3 is 16.0 Å². The van der Waals surface area contributed by atoms with Gasteiger partial charge in [-0.1, -0.05) is 5.16 Å². The lowest BCUT2D eigenvalue weighted by molar-refractivity contribution is 0.422. The Balaban J connectivity index is 2.80. The lowest BCUT2D eigenvalue weighted by atomic mass is 10.7. The van der Waals surface area contributed by atoms with E-state index in [2.05, 4.69) is 14.7 Å². The van der Waals surface area contributed by atoms with E-state index in [-0.39, 0.29) is 5.96 Å². The molecule has 1 aromatic heterocycles. The summed E-state index contributed by atoms with van der Waals surface area (Å²) in [5, 5.41) is 3.43. The van der Waals surface area contributed by atoms with Crippen molar-refractivity contribution < 1.29 is 4.52 Å². The second-order valence-electron chi connectivity index (χ2n) is 1.39. The van der Waals surface area contributed by atoms with Gasteiger partial charge in [0.1, 0.15) is 6.26 Å². The highest BCUT2D eigenvalue weighted by Crippen LogP contribution is 2.03. The van der Waals surface area contributed by atoms with Crippen LogP contribution in [0.15, 0.2) is 21.8 Å². The summed E-state index contributed by atoms with van der Waals surface area (Å²) in [4.78, 5) is 3.59. The fourth-order valence-electron chi connectivity index (χ4n) is 0.396. The number of hydrogen-bond acceptors (Lipinski definition) is 3. The highest BCUT2D eigenvalue weighted by molar-refractivity contribution is 5.78. The van der Waals surface area contributed by atoms with Crippen molar-refractivity contribution >= 4 is 11.8 Å². The van der Waals surface area contributed by atoms with Gasteiger partial charge in [-0.15, -0.1) is 0 Å². The van der Waals surface area contributed by atoms with Gasteiger partial charge in [-0.05, 0) is 0 Å². The predicted molar refractivity (Wildman–Crippen MR) is 32.0 cm³/mol. The molecule has 48 valence electrons. The highest BCUT2D eigenvalue weighted by Gasteiger charge is 1.89. The van der Waals surface area contributed by atoms with Gasteiger partial charge in [-0.2, -0.15) is 4.99 Å². The Labute approximate surface area is 51.3 Å². The maximum absolute atomic E-state index is 5.03. The lowest BCUT2D eigenvalue weighted by Gasteiger charge is -1.83. The molecular formula is C4H6N4O. The second-order valence-corrected chi connectivity index (χ2v) is 1.39. The van der Waals surface area contributed by atoms with Crippen molar-refractivity contribution in [1.82, 2.24) is 5.16 Å². The average Bonchev–Trinajstić information content (AvgIpc) is 2.15. The molecule has 0 fully saturated rings. The third-order valence-corrected chi connectivity index (χ3v) is 0.668. The molecule has 0 spiro atoms. The van der Waals surface area contributed by atoms with Gasteiger partial charge in [0.15, 0.2) is 11.8 Å². The van der Waals surface area contributed by atoms with E-state index in [4.69, 9.17) is 11.5 Å². The Morgan fingerprint density at radius 2 is 2.44 bits per heavy atom. The van der Waals surface area contributed by atoms with Crippen LogP contribution in [0, 0.1) is 0 Å². The molecule has 0 aliphatic heterocycles. The van der Waals surface area contributed by atoms with Crippen molar-refractivity contribution in [3.63, 3.8) is 0 Å². The van der Waals surface area contributed by atoms with Gasteiger partial charge in [0.05, 0.1) is 0 Å². The molecule has 0 radical (unpaired) electrons. The molecule has 0 saturated heterocycles. The SMILES string of the molecule is NC(N)=Nc1ccon1. The fraction of sp³-hybridized carbons (Fsp3) is 0. The molecule has 0 amide bonds. The molecule has 1 rings (SSSR count). The molecule has 0 unspecified atom stereocenters. The minimum Gasteiger partial charge on any atom is -0.370 e. The quantitative estimate of drug-likeness (QED) is 0.395. The summed E-state index contributed by atoms with van der Waals surface area (Å²) < 4.78 is 4.45. The number of guanidine groups is 1. The minimum absolute atomic E-state index is 0.0242. The van der Waals surface area contributed by atoms with Gasteiger partial charge in [-0.3, -0.25) is 0 Å². The molecule has 5 heteroatoms. The lowest BCUT2D eigenvalue weighted by Crippen LogP contribution is -2.21. The Hall–Kier alpha value is -1.52. The summed E-state index contributed by atoms with van der Waals surface area (Å²) in [6.45, 7) is 0. The van der Waals surface area contributed by atoms with Crippen LogP contribution in [-0.2, 0) is 0 Å². The summed E-state index contributed by atoms with van der Waals surface area (Å²) in [5.74, 6) is 0.360. The molecule has 1 heterocycles. The molecular weight excluding hydrogens is 120 g/mol. The van der Waals surface area contributed by atoms with E-state index >= 15 is 0 Å². The van der Waals surface area contributed by atoms with Crippen molar-refractivity contribution in [1.29, 1.82) is 0 Å².